The smallest absolute Gasteiger partial charge is 0.403 e. The fourth-order valence-electron chi connectivity index (χ4n) is 5.29. The van der Waals surface area contributed by atoms with Crippen LogP contribution in [-0.2, 0) is 22.4 Å². The summed E-state index contributed by atoms with van der Waals surface area (Å²) in [6.07, 6.45) is 2.18. The quantitative estimate of drug-likeness (QED) is 0.276. The summed E-state index contributed by atoms with van der Waals surface area (Å²) in [4.78, 5) is 2.63. The average Bonchev–Trinajstić information content (AvgIpc) is 3.58. The lowest BCUT2D eigenvalue weighted by molar-refractivity contribution is 0.00578. The van der Waals surface area contributed by atoms with E-state index in [0.717, 1.165) is 30.4 Å². The zero-order chi connectivity index (χ0) is 24.7. The van der Waals surface area contributed by atoms with Crippen LogP contribution in [0.4, 0.5) is 0 Å². The normalized spacial score (nSPS) is 20.7. The number of hydrogen-bond acceptors (Lipinski definition) is 3. The monoisotopic (exact) mass is 531 g/mol. The maximum absolute atomic E-state index is 6.71. The van der Waals surface area contributed by atoms with E-state index in [0.29, 0.717) is 0 Å². The Bertz CT molecular complexity index is 1070. The Labute approximate surface area is 219 Å². The standard InChI is InChI=1S/C30H35BBrNO2/c1-28(2)29(3,4)35-31(34-28)30(19-20-30)27(25-15-17-26(32)18-16-25)33(21-23-11-7-5-8-12-23)22-24-13-9-6-10-14-24/h5-18,27H,19-22H2,1-4H3. The average molecular weight is 532 g/mol. The van der Waals surface area contributed by atoms with Gasteiger partial charge in [0.2, 0.25) is 0 Å². The summed E-state index contributed by atoms with van der Waals surface area (Å²) >= 11 is 3.64. The third-order valence-electron chi connectivity index (χ3n) is 8.10. The van der Waals surface area contributed by atoms with Gasteiger partial charge in [-0.1, -0.05) is 88.7 Å². The van der Waals surface area contributed by atoms with E-state index in [2.05, 4.69) is 133 Å². The molecule has 0 spiro atoms. The molecule has 0 aromatic heterocycles. The van der Waals surface area contributed by atoms with Crippen LogP contribution in [0.1, 0.15) is 63.3 Å². The van der Waals surface area contributed by atoms with Crippen LogP contribution in [0.2, 0.25) is 5.31 Å². The molecule has 3 aromatic rings. The van der Waals surface area contributed by atoms with Crippen LogP contribution in [0, 0.1) is 0 Å². The van der Waals surface area contributed by atoms with Crippen molar-refractivity contribution in [2.24, 2.45) is 0 Å². The van der Waals surface area contributed by atoms with Crippen LogP contribution >= 0.6 is 15.9 Å². The highest BCUT2D eigenvalue weighted by molar-refractivity contribution is 9.10. The number of nitrogens with zero attached hydrogens (tertiary/aromatic N) is 1. The predicted octanol–water partition coefficient (Wildman–Crippen LogP) is 7.82. The van der Waals surface area contributed by atoms with Gasteiger partial charge in [-0.25, -0.2) is 0 Å². The van der Waals surface area contributed by atoms with E-state index in [1.807, 2.05) is 0 Å². The molecule has 0 bridgehead atoms. The Kier molecular flexibility index (Phi) is 6.73. The summed E-state index contributed by atoms with van der Waals surface area (Å²) in [5.74, 6) is 0. The zero-order valence-corrected chi connectivity index (χ0v) is 22.8. The van der Waals surface area contributed by atoms with Gasteiger partial charge >= 0.3 is 7.12 Å². The molecule has 2 aliphatic rings. The fourth-order valence-corrected chi connectivity index (χ4v) is 5.55. The van der Waals surface area contributed by atoms with Gasteiger partial charge in [-0.3, -0.25) is 4.90 Å². The minimum atomic E-state index is -0.346. The fraction of sp³-hybridized carbons (Fsp3) is 0.400. The molecule has 1 saturated carbocycles. The van der Waals surface area contributed by atoms with Crippen molar-refractivity contribution >= 4 is 23.0 Å². The predicted molar refractivity (Wildman–Crippen MR) is 147 cm³/mol. The Balaban J connectivity index is 1.58. The van der Waals surface area contributed by atoms with Crippen LogP contribution in [0.3, 0.4) is 0 Å². The summed E-state index contributed by atoms with van der Waals surface area (Å²) in [5.41, 5.74) is 3.25. The molecule has 1 heterocycles. The molecule has 5 heteroatoms. The number of benzene rings is 3. The molecular formula is C30H35BBrNO2. The maximum Gasteiger partial charge on any atom is 0.466 e. The topological polar surface area (TPSA) is 21.7 Å². The van der Waals surface area contributed by atoms with Gasteiger partial charge in [0.05, 0.1) is 11.2 Å². The lowest BCUT2D eigenvalue weighted by Gasteiger charge is -2.39. The molecule has 3 aromatic carbocycles. The third kappa shape index (κ3) is 5.02. The summed E-state index contributed by atoms with van der Waals surface area (Å²) in [6, 6.07) is 30.6. The van der Waals surface area contributed by atoms with Gasteiger partial charge in [-0.2, -0.15) is 0 Å². The van der Waals surface area contributed by atoms with Crippen LogP contribution in [0.25, 0.3) is 0 Å². The highest BCUT2D eigenvalue weighted by Gasteiger charge is 2.68. The van der Waals surface area contributed by atoms with Crippen molar-refractivity contribution in [3.05, 3.63) is 106 Å². The van der Waals surface area contributed by atoms with E-state index in [1.165, 1.54) is 16.7 Å². The van der Waals surface area contributed by atoms with Crippen LogP contribution in [-0.4, -0.2) is 23.2 Å². The van der Waals surface area contributed by atoms with Crippen molar-refractivity contribution in [1.29, 1.82) is 0 Å². The molecule has 3 nitrogen and oxygen atoms in total. The van der Waals surface area contributed by atoms with E-state index < -0.39 is 0 Å². The van der Waals surface area contributed by atoms with Crippen molar-refractivity contribution in [2.45, 2.75) is 76.2 Å². The van der Waals surface area contributed by atoms with Gasteiger partial charge < -0.3 is 9.31 Å². The zero-order valence-electron chi connectivity index (χ0n) is 21.2. The largest absolute Gasteiger partial charge is 0.466 e. The first-order valence-corrected chi connectivity index (χ1v) is 13.4. The minimum absolute atomic E-state index is 0.0948. The van der Waals surface area contributed by atoms with Crippen molar-refractivity contribution in [2.75, 3.05) is 0 Å². The Morgan fingerprint density at radius 3 is 1.63 bits per heavy atom. The summed E-state index contributed by atoms with van der Waals surface area (Å²) < 4.78 is 14.5. The molecular weight excluding hydrogens is 497 g/mol. The molecule has 1 unspecified atom stereocenters. The number of rotatable bonds is 8. The number of halogens is 1. The van der Waals surface area contributed by atoms with Crippen molar-refractivity contribution in [1.82, 2.24) is 4.90 Å². The lowest BCUT2D eigenvalue weighted by Crippen LogP contribution is -2.41. The molecule has 1 atom stereocenters. The first kappa shape index (κ1) is 24.8. The SMILES string of the molecule is CC1(C)OB(C2(C(c3ccc(Br)cc3)N(Cc3ccccc3)Cc3ccccc3)CC2)OC1(C)C. The molecule has 0 N–H and O–H groups in total. The van der Waals surface area contributed by atoms with Gasteiger partial charge in [0, 0.05) is 28.9 Å². The second kappa shape index (κ2) is 9.51. The first-order chi connectivity index (χ1) is 16.7. The van der Waals surface area contributed by atoms with Crippen LogP contribution in [0.15, 0.2) is 89.4 Å². The van der Waals surface area contributed by atoms with E-state index >= 15 is 0 Å². The molecule has 1 saturated heterocycles. The second-order valence-electron chi connectivity index (χ2n) is 11.2. The summed E-state index contributed by atoms with van der Waals surface area (Å²) in [7, 11) is -0.241. The second-order valence-corrected chi connectivity index (χ2v) is 12.1. The van der Waals surface area contributed by atoms with Crippen LogP contribution < -0.4 is 0 Å². The molecule has 5 rings (SSSR count). The molecule has 35 heavy (non-hydrogen) atoms. The summed E-state index contributed by atoms with van der Waals surface area (Å²) in [6.45, 7) is 10.3. The molecule has 1 aliphatic heterocycles. The highest BCUT2D eigenvalue weighted by atomic mass is 79.9. The third-order valence-corrected chi connectivity index (χ3v) is 8.63. The molecule has 2 fully saturated rings. The maximum atomic E-state index is 6.71. The van der Waals surface area contributed by atoms with E-state index in [4.69, 9.17) is 9.31 Å². The van der Waals surface area contributed by atoms with Gasteiger partial charge in [-0.05, 0) is 69.4 Å². The van der Waals surface area contributed by atoms with Crippen LogP contribution in [0.5, 0.6) is 0 Å². The highest BCUT2D eigenvalue weighted by Crippen LogP contribution is 2.69. The Morgan fingerprint density at radius 2 is 1.20 bits per heavy atom. The minimum Gasteiger partial charge on any atom is -0.403 e. The molecule has 182 valence electrons. The van der Waals surface area contributed by atoms with E-state index in [9.17, 15) is 0 Å². The summed E-state index contributed by atoms with van der Waals surface area (Å²) in [5, 5.41) is -0.0948. The van der Waals surface area contributed by atoms with Gasteiger partial charge in [0.15, 0.2) is 0 Å². The Hall–Kier alpha value is -1.92. The van der Waals surface area contributed by atoms with Crippen molar-refractivity contribution in [3.63, 3.8) is 0 Å². The van der Waals surface area contributed by atoms with Gasteiger partial charge in [0.25, 0.3) is 0 Å². The van der Waals surface area contributed by atoms with Gasteiger partial charge in [0.1, 0.15) is 0 Å². The lowest BCUT2D eigenvalue weighted by atomic mass is 9.61. The molecule has 0 amide bonds. The van der Waals surface area contributed by atoms with Gasteiger partial charge in [-0.15, -0.1) is 0 Å². The number of hydrogen-bond donors (Lipinski definition) is 0. The molecule has 1 aliphatic carbocycles. The first-order valence-electron chi connectivity index (χ1n) is 12.6. The molecule has 0 radical (unpaired) electrons. The van der Waals surface area contributed by atoms with Crippen molar-refractivity contribution in [3.8, 4) is 0 Å². The Morgan fingerprint density at radius 1 is 0.743 bits per heavy atom. The van der Waals surface area contributed by atoms with E-state index in [1.54, 1.807) is 0 Å². The van der Waals surface area contributed by atoms with Crippen molar-refractivity contribution < 1.29 is 9.31 Å². The van der Waals surface area contributed by atoms with E-state index in [-0.39, 0.29) is 29.7 Å².